The Morgan fingerprint density at radius 2 is 2.09 bits per heavy atom. The molecule has 0 N–H and O–H groups in total. The molecule has 1 aliphatic heterocycles. The third-order valence-corrected chi connectivity index (χ3v) is 3.79. The van der Waals surface area contributed by atoms with Crippen molar-refractivity contribution in [2.75, 3.05) is 40.0 Å². The van der Waals surface area contributed by atoms with Crippen LogP contribution in [0.1, 0.15) is 47.0 Å². The standard InChI is InChI=1S/C17H35NO4/c1-6-7-16(21-14(2)3)12-18(9-11-19-5)13-17-8-10-20-15(4)22-17/h14-17H,6-13H2,1-5H3. The molecule has 0 radical (unpaired) electrons. The highest BCUT2D eigenvalue weighted by Crippen LogP contribution is 2.15. The van der Waals surface area contributed by atoms with E-state index in [0.717, 1.165) is 52.1 Å². The first-order valence-corrected chi connectivity index (χ1v) is 8.68. The minimum absolute atomic E-state index is 0.0959. The molecular weight excluding hydrogens is 282 g/mol. The van der Waals surface area contributed by atoms with Crippen LogP contribution >= 0.6 is 0 Å². The average molecular weight is 317 g/mol. The molecular formula is C17H35NO4. The van der Waals surface area contributed by atoms with Gasteiger partial charge < -0.3 is 18.9 Å². The topological polar surface area (TPSA) is 40.2 Å². The van der Waals surface area contributed by atoms with Gasteiger partial charge in [0.15, 0.2) is 6.29 Å². The second-order valence-corrected chi connectivity index (χ2v) is 6.33. The summed E-state index contributed by atoms with van der Waals surface area (Å²) >= 11 is 0. The van der Waals surface area contributed by atoms with Crippen molar-refractivity contribution < 1.29 is 18.9 Å². The molecule has 0 saturated carbocycles. The number of ether oxygens (including phenoxy) is 4. The molecule has 22 heavy (non-hydrogen) atoms. The molecule has 3 unspecified atom stereocenters. The van der Waals surface area contributed by atoms with E-state index in [2.05, 4.69) is 25.7 Å². The molecule has 1 heterocycles. The van der Waals surface area contributed by atoms with E-state index in [1.807, 2.05) is 6.92 Å². The van der Waals surface area contributed by atoms with E-state index in [-0.39, 0.29) is 24.6 Å². The summed E-state index contributed by atoms with van der Waals surface area (Å²) in [6.45, 7) is 12.7. The Morgan fingerprint density at radius 1 is 1.32 bits per heavy atom. The van der Waals surface area contributed by atoms with Gasteiger partial charge in [0, 0.05) is 26.7 Å². The van der Waals surface area contributed by atoms with Gasteiger partial charge in [0.2, 0.25) is 0 Å². The molecule has 5 nitrogen and oxygen atoms in total. The zero-order valence-electron chi connectivity index (χ0n) is 15.0. The maximum Gasteiger partial charge on any atom is 0.155 e. The van der Waals surface area contributed by atoms with Gasteiger partial charge in [-0.2, -0.15) is 0 Å². The van der Waals surface area contributed by atoms with Gasteiger partial charge in [-0.25, -0.2) is 0 Å². The van der Waals surface area contributed by atoms with Gasteiger partial charge in [-0.1, -0.05) is 13.3 Å². The predicted octanol–water partition coefficient (Wildman–Crippen LogP) is 2.68. The zero-order valence-corrected chi connectivity index (χ0v) is 15.0. The van der Waals surface area contributed by atoms with Crippen LogP contribution in [0.3, 0.4) is 0 Å². The van der Waals surface area contributed by atoms with Gasteiger partial charge >= 0.3 is 0 Å². The third-order valence-electron chi connectivity index (χ3n) is 3.79. The minimum atomic E-state index is -0.0959. The number of rotatable bonds is 11. The number of methoxy groups -OCH3 is 1. The lowest BCUT2D eigenvalue weighted by atomic mass is 10.1. The Hall–Kier alpha value is -0.200. The molecule has 0 aromatic rings. The number of hydrogen-bond donors (Lipinski definition) is 0. The Morgan fingerprint density at radius 3 is 2.68 bits per heavy atom. The van der Waals surface area contributed by atoms with E-state index < -0.39 is 0 Å². The van der Waals surface area contributed by atoms with Crippen molar-refractivity contribution in [1.29, 1.82) is 0 Å². The van der Waals surface area contributed by atoms with Crippen LogP contribution in [0, 0.1) is 0 Å². The summed E-state index contributed by atoms with van der Waals surface area (Å²) in [5.41, 5.74) is 0. The van der Waals surface area contributed by atoms with Gasteiger partial charge in [-0.3, -0.25) is 4.90 Å². The normalized spacial score (nSPS) is 24.1. The molecule has 1 aliphatic rings. The highest BCUT2D eigenvalue weighted by molar-refractivity contribution is 4.73. The van der Waals surface area contributed by atoms with Crippen LogP contribution in [0.2, 0.25) is 0 Å². The van der Waals surface area contributed by atoms with Crippen LogP contribution in [0.25, 0.3) is 0 Å². The summed E-state index contributed by atoms with van der Waals surface area (Å²) in [4.78, 5) is 2.41. The van der Waals surface area contributed by atoms with E-state index >= 15 is 0 Å². The molecule has 5 heteroatoms. The monoisotopic (exact) mass is 317 g/mol. The van der Waals surface area contributed by atoms with Crippen molar-refractivity contribution in [1.82, 2.24) is 4.90 Å². The van der Waals surface area contributed by atoms with Crippen molar-refractivity contribution >= 4 is 0 Å². The highest BCUT2D eigenvalue weighted by Gasteiger charge is 2.24. The lowest BCUT2D eigenvalue weighted by Crippen LogP contribution is -2.44. The molecule has 0 bridgehead atoms. The Bertz CT molecular complexity index is 275. The van der Waals surface area contributed by atoms with Gasteiger partial charge in [0.25, 0.3) is 0 Å². The van der Waals surface area contributed by atoms with Crippen molar-refractivity contribution in [3.05, 3.63) is 0 Å². The van der Waals surface area contributed by atoms with Crippen molar-refractivity contribution in [3.8, 4) is 0 Å². The van der Waals surface area contributed by atoms with Gasteiger partial charge in [0.1, 0.15) is 0 Å². The quantitative estimate of drug-likeness (QED) is 0.586. The summed E-state index contributed by atoms with van der Waals surface area (Å²) in [6.07, 6.45) is 3.87. The lowest BCUT2D eigenvalue weighted by molar-refractivity contribution is -0.206. The zero-order chi connectivity index (χ0) is 16.4. The molecule has 0 aromatic carbocycles. The van der Waals surface area contributed by atoms with Crippen LogP contribution in [-0.2, 0) is 18.9 Å². The molecule has 132 valence electrons. The lowest BCUT2D eigenvalue weighted by Gasteiger charge is -2.34. The smallest absolute Gasteiger partial charge is 0.155 e. The van der Waals surface area contributed by atoms with Gasteiger partial charge in [0.05, 0.1) is 31.5 Å². The highest BCUT2D eigenvalue weighted by atomic mass is 16.7. The fourth-order valence-electron chi connectivity index (χ4n) is 2.84. The van der Waals surface area contributed by atoms with Gasteiger partial charge in [-0.05, 0) is 33.6 Å². The fraction of sp³-hybridized carbons (Fsp3) is 1.00. The van der Waals surface area contributed by atoms with Crippen LogP contribution < -0.4 is 0 Å². The number of nitrogens with zero attached hydrogens (tertiary/aromatic N) is 1. The van der Waals surface area contributed by atoms with Crippen LogP contribution in [0.15, 0.2) is 0 Å². The first-order chi connectivity index (χ1) is 10.5. The molecule has 0 aliphatic carbocycles. The summed E-state index contributed by atoms with van der Waals surface area (Å²) in [5, 5.41) is 0. The van der Waals surface area contributed by atoms with Crippen molar-refractivity contribution in [2.24, 2.45) is 0 Å². The first-order valence-electron chi connectivity index (χ1n) is 8.68. The first kappa shape index (κ1) is 19.8. The molecule has 1 fully saturated rings. The van der Waals surface area contributed by atoms with Crippen molar-refractivity contribution in [3.63, 3.8) is 0 Å². The van der Waals surface area contributed by atoms with E-state index in [0.29, 0.717) is 0 Å². The molecule has 1 saturated heterocycles. The second kappa shape index (κ2) is 11.4. The van der Waals surface area contributed by atoms with Gasteiger partial charge in [-0.15, -0.1) is 0 Å². The van der Waals surface area contributed by atoms with E-state index in [4.69, 9.17) is 18.9 Å². The van der Waals surface area contributed by atoms with E-state index in [1.54, 1.807) is 7.11 Å². The largest absolute Gasteiger partial charge is 0.383 e. The summed E-state index contributed by atoms with van der Waals surface area (Å²) < 4.78 is 22.6. The van der Waals surface area contributed by atoms with Crippen molar-refractivity contribution in [2.45, 2.75) is 71.6 Å². The summed E-state index contributed by atoms with van der Waals surface area (Å²) in [5.74, 6) is 0. The van der Waals surface area contributed by atoms with Crippen LogP contribution in [0.5, 0.6) is 0 Å². The summed E-state index contributed by atoms with van der Waals surface area (Å²) in [7, 11) is 1.75. The average Bonchev–Trinajstić information content (AvgIpc) is 2.44. The molecule has 1 rings (SSSR count). The Balaban J connectivity index is 2.52. The molecule has 0 amide bonds. The maximum atomic E-state index is 6.06. The fourth-order valence-corrected chi connectivity index (χ4v) is 2.84. The molecule has 0 spiro atoms. The summed E-state index contributed by atoms with van der Waals surface area (Å²) in [6, 6.07) is 0. The second-order valence-electron chi connectivity index (χ2n) is 6.33. The van der Waals surface area contributed by atoms with Crippen LogP contribution in [0.4, 0.5) is 0 Å². The Labute approximate surface area is 136 Å². The van der Waals surface area contributed by atoms with E-state index in [9.17, 15) is 0 Å². The van der Waals surface area contributed by atoms with Crippen LogP contribution in [-0.4, -0.2) is 69.5 Å². The third kappa shape index (κ3) is 8.44. The Kier molecular flexibility index (Phi) is 10.2. The minimum Gasteiger partial charge on any atom is -0.383 e. The SMILES string of the molecule is CCCC(CN(CCOC)CC1CCOC(C)O1)OC(C)C. The molecule has 3 atom stereocenters. The molecule has 0 aromatic heterocycles. The maximum absolute atomic E-state index is 6.06. The number of hydrogen-bond acceptors (Lipinski definition) is 5. The van der Waals surface area contributed by atoms with E-state index in [1.165, 1.54) is 0 Å². The predicted molar refractivity (Wildman–Crippen MR) is 88.1 cm³/mol.